The molecule has 0 saturated heterocycles. The Hall–Kier alpha value is -2.14. The Balaban J connectivity index is 1.84. The summed E-state index contributed by atoms with van der Waals surface area (Å²) in [4.78, 5) is 12.1. The number of nitrogens with one attached hydrogen (secondary N) is 3. The Morgan fingerprint density at radius 3 is 2.07 bits per heavy atom. The number of halogens is 1. The monoisotopic (exact) mass is 431 g/mol. The molecule has 0 bridgehead atoms. The van der Waals surface area contributed by atoms with Crippen molar-refractivity contribution in [2.75, 3.05) is 24.1 Å². The topological polar surface area (TPSA) is 121 Å². The van der Waals surface area contributed by atoms with E-state index in [1.807, 2.05) is 0 Å². The van der Waals surface area contributed by atoms with Crippen molar-refractivity contribution in [3.63, 3.8) is 0 Å². The maximum Gasteiger partial charge on any atom is 0.251 e. The fourth-order valence-electron chi connectivity index (χ4n) is 2.06. The first-order valence-electron chi connectivity index (χ1n) is 7.68. The molecule has 0 aliphatic heterocycles. The van der Waals surface area contributed by atoms with Crippen molar-refractivity contribution in [1.29, 1.82) is 0 Å². The molecule has 2 aromatic carbocycles. The van der Waals surface area contributed by atoms with Crippen molar-refractivity contribution >= 4 is 43.2 Å². The molecule has 2 rings (SSSR count). The van der Waals surface area contributed by atoms with Crippen LogP contribution in [-0.2, 0) is 20.0 Å². The van der Waals surface area contributed by atoms with Crippen molar-refractivity contribution in [3.05, 3.63) is 59.1 Å². The molecule has 0 atom stereocenters. The number of hydrogen-bond acceptors (Lipinski definition) is 5. The predicted molar refractivity (Wildman–Crippen MR) is 104 cm³/mol. The highest BCUT2D eigenvalue weighted by Gasteiger charge is 2.13. The average molecular weight is 432 g/mol. The summed E-state index contributed by atoms with van der Waals surface area (Å²) in [6.07, 6.45) is 1.03. The number of anilines is 1. The van der Waals surface area contributed by atoms with Crippen LogP contribution in [0, 0.1) is 0 Å². The van der Waals surface area contributed by atoms with E-state index in [2.05, 4.69) is 14.8 Å². The number of hydrogen-bond donors (Lipinski definition) is 3. The highest BCUT2D eigenvalue weighted by Crippen LogP contribution is 2.13. The van der Waals surface area contributed by atoms with Crippen LogP contribution in [-0.4, -0.2) is 42.1 Å². The molecule has 0 radical (unpaired) electrons. The highest BCUT2D eigenvalue weighted by atomic mass is 35.5. The number of benzene rings is 2. The fourth-order valence-corrected chi connectivity index (χ4v) is 3.79. The van der Waals surface area contributed by atoms with Crippen LogP contribution in [0.5, 0.6) is 0 Å². The van der Waals surface area contributed by atoms with Gasteiger partial charge in [-0.05, 0) is 48.5 Å². The Bertz CT molecular complexity index is 1010. The quantitative estimate of drug-likeness (QED) is 0.546. The van der Waals surface area contributed by atoms with E-state index >= 15 is 0 Å². The second-order valence-corrected chi connectivity index (χ2v) is 9.51. The van der Waals surface area contributed by atoms with E-state index in [1.54, 1.807) is 0 Å². The van der Waals surface area contributed by atoms with Gasteiger partial charge >= 0.3 is 0 Å². The minimum atomic E-state index is -3.69. The Labute approximate surface area is 163 Å². The normalized spacial score (nSPS) is 11.8. The number of carbonyl (C=O) groups is 1. The standard InChI is InChI=1S/C16H18ClN3O5S2/c1-26(22,23)20-14-6-2-12(3-7-14)16(21)18-10-11-19-27(24,25)15-8-4-13(17)5-9-15/h2-9,19-20H,10-11H2,1H3,(H,18,21). The van der Waals surface area contributed by atoms with Crippen molar-refractivity contribution in [2.24, 2.45) is 0 Å². The molecule has 11 heteroatoms. The van der Waals surface area contributed by atoms with E-state index in [0.29, 0.717) is 16.3 Å². The Kier molecular flexibility index (Phi) is 6.82. The molecule has 0 aliphatic carbocycles. The van der Waals surface area contributed by atoms with Gasteiger partial charge in [0, 0.05) is 29.4 Å². The van der Waals surface area contributed by atoms with Crippen LogP contribution in [0.2, 0.25) is 5.02 Å². The summed E-state index contributed by atoms with van der Waals surface area (Å²) in [6.45, 7) is 0.0827. The van der Waals surface area contributed by atoms with Gasteiger partial charge in [-0.15, -0.1) is 0 Å². The summed E-state index contributed by atoms with van der Waals surface area (Å²) in [5.74, 6) is -0.411. The molecule has 0 heterocycles. The van der Waals surface area contributed by atoms with E-state index in [1.165, 1.54) is 48.5 Å². The molecule has 27 heavy (non-hydrogen) atoms. The van der Waals surface area contributed by atoms with Crippen LogP contribution in [0.15, 0.2) is 53.4 Å². The first-order chi connectivity index (χ1) is 12.6. The van der Waals surface area contributed by atoms with Gasteiger partial charge in [0.15, 0.2) is 0 Å². The van der Waals surface area contributed by atoms with Gasteiger partial charge in [-0.1, -0.05) is 11.6 Å². The van der Waals surface area contributed by atoms with Crippen molar-refractivity contribution in [1.82, 2.24) is 10.0 Å². The molecule has 0 spiro atoms. The largest absolute Gasteiger partial charge is 0.351 e. The minimum Gasteiger partial charge on any atom is -0.351 e. The van der Waals surface area contributed by atoms with Gasteiger partial charge in [0.25, 0.3) is 5.91 Å². The molecule has 2 aromatic rings. The second kappa shape index (κ2) is 8.70. The molecular weight excluding hydrogens is 414 g/mol. The van der Waals surface area contributed by atoms with Crippen LogP contribution < -0.4 is 14.8 Å². The highest BCUT2D eigenvalue weighted by molar-refractivity contribution is 7.92. The summed E-state index contributed by atoms with van der Waals surface area (Å²) in [5.41, 5.74) is 0.652. The number of amides is 1. The summed E-state index contributed by atoms with van der Waals surface area (Å²) >= 11 is 5.73. The minimum absolute atomic E-state index is 0.00438. The predicted octanol–water partition coefficient (Wildman–Crippen LogP) is 1.42. The maximum absolute atomic E-state index is 12.1. The maximum atomic E-state index is 12.1. The second-order valence-electron chi connectivity index (χ2n) is 5.56. The lowest BCUT2D eigenvalue weighted by Crippen LogP contribution is -2.34. The van der Waals surface area contributed by atoms with Crippen LogP contribution in [0.4, 0.5) is 5.69 Å². The van der Waals surface area contributed by atoms with Crippen LogP contribution >= 0.6 is 11.6 Å². The molecule has 0 aliphatic rings. The third kappa shape index (κ3) is 6.83. The lowest BCUT2D eigenvalue weighted by molar-refractivity contribution is 0.0954. The number of carbonyl (C=O) groups excluding carboxylic acids is 1. The molecule has 0 fully saturated rings. The molecule has 3 N–H and O–H groups in total. The summed E-state index contributed by atoms with van der Waals surface area (Å²) in [6, 6.07) is 11.5. The molecule has 0 aromatic heterocycles. The van der Waals surface area contributed by atoms with E-state index in [9.17, 15) is 21.6 Å². The molecular formula is C16H18ClN3O5S2. The summed E-state index contributed by atoms with van der Waals surface area (Å²) in [5, 5.41) is 3.00. The van der Waals surface area contributed by atoms with Crippen molar-refractivity contribution in [2.45, 2.75) is 4.90 Å². The van der Waals surface area contributed by atoms with E-state index in [0.717, 1.165) is 6.26 Å². The van der Waals surface area contributed by atoms with Crippen LogP contribution in [0.1, 0.15) is 10.4 Å². The zero-order chi connectivity index (χ0) is 20.1. The summed E-state index contributed by atoms with van der Waals surface area (Å²) < 4.78 is 51.1. The molecule has 0 unspecified atom stereocenters. The van der Waals surface area contributed by atoms with E-state index in [4.69, 9.17) is 11.6 Å². The zero-order valence-electron chi connectivity index (χ0n) is 14.3. The lowest BCUT2D eigenvalue weighted by atomic mass is 10.2. The lowest BCUT2D eigenvalue weighted by Gasteiger charge is -2.09. The van der Waals surface area contributed by atoms with Crippen molar-refractivity contribution in [3.8, 4) is 0 Å². The molecule has 146 valence electrons. The van der Waals surface area contributed by atoms with Gasteiger partial charge in [-0.2, -0.15) is 0 Å². The Morgan fingerprint density at radius 2 is 1.52 bits per heavy atom. The Morgan fingerprint density at radius 1 is 0.926 bits per heavy atom. The molecule has 8 nitrogen and oxygen atoms in total. The van der Waals surface area contributed by atoms with Gasteiger partial charge < -0.3 is 5.32 Å². The third-order valence-electron chi connectivity index (χ3n) is 3.28. The first-order valence-corrected chi connectivity index (χ1v) is 11.4. The molecule has 0 saturated carbocycles. The zero-order valence-corrected chi connectivity index (χ0v) is 16.7. The van der Waals surface area contributed by atoms with Gasteiger partial charge in [-0.3, -0.25) is 9.52 Å². The number of rotatable bonds is 8. The van der Waals surface area contributed by atoms with Crippen LogP contribution in [0.3, 0.4) is 0 Å². The van der Waals surface area contributed by atoms with Crippen molar-refractivity contribution < 1.29 is 21.6 Å². The van der Waals surface area contributed by atoms with Gasteiger partial charge in [0.05, 0.1) is 11.2 Å². The van der Waals surface area contributed by atoms with Crippen LogP contribution in [0.25, 0.3) is 0 Å². The first kappa shape index (κ1) is 21.2. The third-order valence-corrected chi connectivity index (χ3v) is 5.61. The van der Waals surface area contributed by atoms with E-state index < -0.39 is 26.0 Å². The SMILES string of the molecule is CS(=O)(=O)Nc1ccc(C(=O)NCCNS(=O)(=O)c2ccc(Cl)cc2)cc1. The smallest absolute Gasteiger partial charge is 0.251 e. The number of sulfonamides is 2. The van der Waals surface area contributed by atoms with Gasteiger partial charge in [0.1, 0.15) is 0 Å². The molecule has 1 amide bonds. The van der Waals surface area contributed by atoms with Gasteiger partial charge in [0.2, 0.25) is 20.0 Å². The average Bonchev–Trinajstić information content (AvgIpc) is 2.58. The van der Waals surface area contributed by atoms with Gasteiger partial charge in [-0.25, -0.2) is 21.6 Å². The summed E-state index contributed by atoms with van der Waals surface area (Å²) in [7, 11) is -7.08. The fraction of sp³-hybridized carbons (Fsp3) is 0.188. The van der Waals surface area contributed by atoms with E-state index in [-0.39, 0.29) is 18.0 Å².